The van der Waals surface area contributed by atoms with E-state index in [1.54, 1.807) is 6.92 Å². The Morgan fingerprint density at radius 2 is 2.22 bits per heavy atom. The number of carboxylic acids is 1. The molecule has 100 valence electrons. The molecule has 0 bridgehead atoms. The Hall–Kier alpha value is -1.63. The number of nitrogens with one attached hydrogen (secondary N) is 2. The van der Waals surface area contributed by atoms with E-state index in [4.69, 9.17) is 5.11 Å². The van der Waals surface area contributed by atoms with Gasteiger partial charge in [-0.1, -0.05) is 6.92 Å². The number of aromatic nitrogens is 1. The van der Waals surface area contributed by atoms with Gasteiger partial charge in [0.1, 0.15) is 5.01 Å². The fourth-order valence-corrected chi connectivity index (χ4v) is 2.04. The molecule has 1 rings (SSSR count). The largest absolute Gasteiger partial charge is 0.481 e. The van der Waals surface area contributed by atoms with E-state index in [0.29, 0.717) is 13.0 Å². The number of thiazole rings is 1. The lowest BCUT2D eigenvalue weighted by Crippen LogP contribution is -2.39. The Labute approximate surface area is 109 Å². The van der Waals surface area contributed by atoms with Gasteiger partial charge in [0.15, 0.2) is 0 Å². The molecule has 18 heavy (non-hydrogen) atoms. The van der Waals surface area contributed by atoms with E-state index in [1.807, 2.05) is 12.3 Å². The lowest BCUT2D eigenvalue weighted by Gasteiger charge is -2.11. The second-order valence-corrected chi connectivity index (χ2v) is 4.83. The van der Waals surface area contributed by atoms with E-state index >= 15 is 0 Å². The Morgan fingerprint density at radius 1 is 1.50 bits per heavy atom. The van der Waals surface area contributed by atoms with Gasteiger partial charge in [-0.15, -0.1) is 11.3 Å². The summed E-state index contributed by atoms with van der Waals surface area (Å²) in [5.41, 5.74) is 0.925. The lowest BCUT2D eigenvalue weighted by molar-refractivity contribution is -0.141. The number of rotatable bonds is 6. The Balaban J connectivity index is 2.27. The summed E-state index contributed by atoms with van der Waals surface area (Å²) in [5.74, 6) is -1.44. The fraction of sp³-hybridized carbons (Fsp3) is 0.545. The summed E-state index contributed by atoms with van der Waals surface area (Å²) in [7, 11) is 0. The number of carboxylic acid groups (broad SMARTS) is 1. The van der Waals surface area contributed by atoms with Crippen LogP contribution in [0.15, 0.2) is 5.38 Å². The first-order valence-corrected chi connectivity index (χ1v) is 6.56. The third kappa shape index (κ3) is 4.70. The van der Waals surface area contributed by atoms with Crippen LogP contribution < -0.4 is 10.6 Å². The van der Waals surface area contributed by atoms with Crippen molar-refractivity contribution < 1.29 is 14.7 Å². The van der Waals surface area contributed by atoms with Gasteiger partial charge in [0, 0.05) is 17.6 Å². The molecule has 0 fully saturated rings. The molecule has 2 amide bonds. The van der Waals surface area contributed by atoms with E-state index < -0.39 is 11.9 Å². The lowest BCUT2D eigenvalue weighted by atomic mass is 10.1. The molecule has 1 aromatic rings. The molecule has 0 spiro atoms. The second kappa shape index (κ2) is 6.95. The summed E-state index contributed by atoms with van der Waals surface area (Å²) >= 11 is 1.48. The van der Waals surface area contributed by atoms with Gasteiger partial charge < -0.3 is 15.7 Å². The van der Waals surface area contributed by atoms with Gasteiger partial charge in [0.25, 0.3) is 0 Å². The number of carbonyl (C=O) groups excluding carboxylic acids is 1. The van der Waals surface area contributed by atoms with Gasteiger partial charge in [0.05, 0.1) is 12.5 Å². The molecule has 7 heteroatoms. The average Bonchev–Trinajstić information content (AvgIpc) is 2.73. The van der Waals surface area contributed by atoms with Crippen molar-refractivity contribution in [2.45, 2.75) is 26.8 Å². The molecule has 3 N–H and O–H groups in total. The van der Waals surface area contributed by atoms with Crippen molar-refractivity contribution in [3.8, 4) is 0 Å². The van der Waals surface area contributed by atoms with Crippen molar-refractivity contribution in [3.05, 3.63) is 16.1 Å². The molecule has 0 aromatic carbocycles. The van der Waals surface area contributed by atoms with Gasteiger partial charge in [0.2, 0.25) is 0 Å². The van der Waals surface area contributed by atoms with Crippen molar-refractivity contribution >= 4 is 23.3 Å². The van der Waals surface area contributed by atoms with Crippen LogP contribution in [-0.2, 0) is 11.3 Å². The Bertz CT molecular complexity index is 419. The third-order valence-electron chi connectivity index (χ3n) is 2.42. The van der Waals surface area contributed by atoms with Crippen LogP contribution in [0.2, 0.25) is 0 Å². The van der Waals surface area contributed by atoms with Crippen LogP contribution in [0, 0.1) is 12.8 Å². The standard InChI is InChI=1S/C11H17N3O3S/c1-3-8(10(15)16)4-12-11(17)13-5-9-14-7(2)6-18-9/h6,8H,3-5H2,1-2H3,(H,15,16)(H2,12,13,17). The van der Waals surface area contributed by atoms with E-state index in [-0.39, 0.29) is 12.6 Å². The number of aliphatic carboxylic acids is 1. The van der Waals surface area contributed by atoms with Gasteiger partial charge in [-0.05, 0) is 13.3 Å². The van der Waals surface area contributed by atoms with Crippen LogP contribution in [0.5, 0.6) is 0 Å². The minimum absolute atomic E-state index is 0.133. The van der Waals surface area contributed by atoms with Gasteiger partial charge >= 0.3 is 12.0 Å². The summed E-state index contributed by atoms with van der Waals surface area (Å²) in [6.07, 6.45) is 0.487. The molecule has 0 aliphatic carbocycles. The Kier molecular flexibility index (Phi) is 5.57. The van der Waals surface area contributed by atoms with Crippen molar-refractivity contribution in [3.63, 3.8) is 0 Å². The van der Waals surface area contributed by atoms with E-state index in [1.165, 1.54) is 11.3 Å². The first-order chi connectivity index (χ1) is 8.52. The van der Waals surface area contributed by atoms with Gasteiger partial charge in [-0.2, -0.15) is 0 Å². The molecular formula is C11H17N3O3S. The number of carbonyl (C=O) groups is 2. The molecule has 1 unspecified atom stereocenters. The highest BCUT2D eigenvalue weighted by atomic mass is 32.1. The first kappa shape index (κ1) is 14.4. The zero-order valence-electron chi connectivity index (χ0n) is 10.4. The summed E-state index contributed by atoms with van der Waals surface area (Å²) in [5, 5.41) is 16.7. The van der Waals surface area contributed by atoms with Crippen LogP contribution in [0.25, 0.3) is 0 Å². The quantitative estimate of drug-likeness (QED) is 0.728. The molecule has 0 radical (unpaired) electrons. The number of nitrogens with zero attached hydrogens (tertiary/aromatic N) is 1. The normalized spacial score (nSPS) is 11.9. The molecule has 0 aliphatic heterocycles. The summed E-state index contributed by atoms with van der Waals surface area (Å²) in [4.78, 5) is 26.4. The maximum absolute atomic E-state index is 11.4. The second-order valence-electron chi connectivity index (χ2n) is 3.89. The summed E-state index contributed by atoms with van der Waals surface area (Å²) in [6, 6.07) is -0.373. The van der Waals surface area contributed by atoms with Crippen LogP contribution in [-0.4, -0.2) is 28.6 Å². The molecule has 6 nitrogen and oxygen atoms in total. The SMILES string of the molecule is CCC(CNC(=O)NCc1nc(C)cs1)C(=O)O. The topological polar surface area (TPSA) is 91.3 Å². The number of hydrogen-bond donors (Lipinski definition) is 3. The molecule has 1 atom stereocenters. The zero-order valence-corrected chi connectivity index (χ0v) is 11.2. The summed E-state index contributed by atoms with van der Waals surface area (Å²) in [6.45, 7) is 4.15. The van der Waals surface area contributed by atoms with Crippen molar-refractivity contribution in [2.75, 3.05) is 6.54 Å². The van der Waals surface area contributed by atoms with Gasteiger partial charge in [-0.25, -0.2) is 9.78 Å². The van der Waals surface area contributed by atoms with Crippen molar-refractivity contribution in [1.29, 1.82) is 0 Å². The predicted octanol–water partition coefficient (Wildman–Crippen LogP) is 1.36. The van der Waals surface area contributed by atoms with Gasteiger partial charge in [-0.3, -0.25) is 4.79 Å². The highest BCUT2D eigenvalue weighted by molar-refractivity contribution is 7.09. The van der Waals surface area contributed by atoms with Crippen LogP contribution in [0.1, 0.15) is 24.0 Å². The van der Waals surface area contributed by atoms with Crippen molar-refractivity contribution in [2.24, 2.45) is 5.92 Å². The molecule has 1 heterocycles. The predicted molar refractivity (Wildman–Crippen MR) is 68.5 cm³/mol. The third-order valence-corrected chi connectivity index (χ3v) is 3.38. The Morgan fingerprint density at radius 3 is 2.72 bits per heavy atom. The van der Waals surface area contributed by atoms with Crippen molar-refractivity contribution in [1.82, 2.24) is 15.6 Å². The number of hydrogen-bond acceptors (Lipinski definition) is 4. The first-order valence-electron chi connectivity index (χ1n) is 5.68. The average molecular weight is 271 g/mol. The minimum atomic E-state index is -0.895. The monoisotopic (exact) mass is 271 g/mol. The number of amides is 2. The molecule has 0 saturated carbocycles. The zero-order chi connectivity index (χ0) is 13.5. The maximum atomic E-state index is 11.4. The molecule has 0 aliphatic rings. The van der Waals surface area contributed by atoms with Crippen LogP contribution in [0.3, 0.4) is 0 Å². The number of urea groups is 1. The molecular weight excluding hydrogens is 254 g/mol. The maximum Gasteiger partial charge on any atom is 0.315 e. The molecule has 1 aromatic heterocycles. The van der Waals surface area contributed by atoms with E-state index in [2.05, 4.69) is 15.6 Å². The van der Waals surface area contributed by atoms with E-state index in [9.17, 15) is 9.59 Å². The minimum Gasteiger partial charge on any atom is -0.481 e. The van der Waals surface area contributed by atoms with Crippen LogP contribution >= 0.6 is 11.3 Å². The smallest absolute Gasteiger partial charge is 0.315 e. The number of aryl methyl sites for hydroxylation is 1. The van der Waals surface area contributed by atoms with Crippen LogP contribution in [0.4, 0.5) is 4.79 Å². The highest BCUT2D eigenvalue weighted by Crippen LogP contribution is 2.07. The molecule has 0 saturated heterocycles. The fourth-order valence-electron chi connectivity index (χ4n) is 1.32. The van der Waals surface area contributed by atoms with E-state index in [0.717, 1.165) is 10.7 Å². The highest BCUT2D eigenvalue weighted by Gasteiger charge is 2.15. The summed E-state index contributed by atoms with van der Waals surface area (Å²) < 4.78 is 0.